The molecule has 3 rings (SSSR count). The number of aliphatic carboxylic acids is 1. The van der Waals surface area contributed by atoms with Crippen molar-refractivity contribution in [1.29, 1.82) is 0 Å². The van der Waals surface area contributed by atoms with Crippen molar-refractivity contribution in [2.45, 2.75) is 33.1 Å². The van der Waals surface area contributed by atoms with E-state index in [4.69, 9.17) is 13.9 Å². The Kier molecular flexibility index (Phi) is 3.48. The van der Waals surface area contributed by atoms with Gasteiger partial charge in [0, 0.05) is 28.8 Å². The lowest BCUT2D eigenvalue weighted by Gasteiger charge is -2.07. The number of hydrogen-bond donors (Lipinski definition) is 1. The van der Waals surface area contributed by atoms with Gasteiger partial charge in [-0.05, 0) is 43.9 Å². The summed E-state index contributed by atoms with van der Waals surface area (Å²) >= 11 is 0. The van der Waals surface area contributed by atoms with Crippen molar-refractivity contribution in [3.8, 4) is 0 Å². The second-order valence-electron chi connectivity index (χ2n) is 5.51. The summed E-state index contributed by atoms with van der Waals surface area (Å²) in [6, 6.07) is 3.40. The zero-order valence-electron chi connectivity index (χ0n) is 12.4. The molecule has 22 heavy (non-hydrogen) atoms. The Labute approximate surface area is 126 Å². The molecule has 0 aliphatic heterocycles. The predicted molar refractivity (Wildman–Crippen MR) is 82.3 cm³/mol. The summed E-state index contributed by atoms with van der Waals surface area (Å²) in [7, 11) is 0. The van der Waals surface area contributed by atoms with Crippen LogP contribution in [-0.4, -0.2) is 11.1 Å². The van der Waals surface area contributed by atoms with Crippen LogP contribution in [0.4, 0.5) is 0 Å². The highest BCUT2D eigenvalue weighted by molar-refractivity contribution is 5.99. The van der Waals surface area contributed by atoms with Gasteiger partial charge < -0.3 is 13.9 Å². The van der Waals surface area contributed by atoms with Gasteiger partial charge in [0.15, 0.2) is 0 Å². The van der Waals surface area contributed by atoms with E-state index >= 15 is 0 Å². The summed E-state index contributed by atoms with van der Waals surface area (Å²) in [4.78, 5) is 22.4. The summed E-state index contributed by atoms with van der Waals surface area (Å²) in [6.45, 7) is 3.82. The third kappa shape index (κ3) is 2.39. The molecule has 2 heterocycles. The second kappa shape index (κ2) is 5.33. The Morgan fingerprint density at radius 3 is 2.68 bits per heavy atom. The minimum atomic E-state index is -0.837. The van der Waals surface area contributed by atoms with Gasteiger partial charge >= 0.3 is 11.6 Å². The molecule has 0 bridgehead atoms. The van der Waals surface area contributed by atoms with E-state index in [2.05, 4.69) is 0 Å². The number of fused-ring (bicyclic) bond motifs is 2. The van der Waals surface area contributed by atoms with E-state index < -0.39 is 11.6 Å². The molecule has 0 unspecified atom stereocenters. The van der Waals surface area contributed by atoms with E-state index in [1.54, 1.807) is 6.26 Å². The predicted octanol–water partition coefficient (Wildman–Crippen LogP) is 3.56. The van der Waals surface area contributed by atoms with Crippen molar-refractivity contribution in [3.63, 3.8) is 0 Å². The molecule has 1 N–H and O–H groups in total. The highest BCUT2D eigenvalue weighted by Crippen LogP contribution is 2.32. The largest absolute Gasteiger partial charge is 0.481 e. The number of benzene rings is 1. The highest BCUT2D eigenvalue weighted by atomic mass is 16.4. The highest BCUT2D eigenvalue weighted by Gasteiger charge is 2.15. The van der Waals surface area contributed by atoms with Crippen LogP contribution in [-0.2, 0) is 11.2 Å². The molecular formula is C17H16O5. The Morgan fingerprint density at radius 1 is 1.18 bits per heavy atom. The Bertz CT molecular complexity index is 930. The first-order valence-corrected chi connectivity index (χ1v) is 7.13. The summed E-state index contributed by atoms with van der Waals surface area (Å²) < 4.78 is 10.9. The average molecular weight is 300 g/mol. The lowest BCUT2D eigenvalue weighted by atomic mass is 9.99. The zero-order valence-corrected chi connectivity index (χ0v) is 12.4. The van der Waals surface area contributed by atoms with E-state index in [-0.39, 0.29) is 6.42 Å². The van der Waals surface area contributed by atoms with E-state index in [0.717, 1.165) is 33.0 Å². The molecule has 0 atom stereocenters. The molecule has 0 fully saturated rings. The first-order valence-electron chi connectivity index (χ1n) is 7.13. The summed E-state index contributed by atoms with van der Waals surface area (Å²) in [6.07, 6.45) is 2.76. The van der Waals surface area contributed by atoms with Crippen molar-refractivity contribution in [3.05, 3.63) is 45.5 Å². The number of aryl methyl sites for hydroxylation is 3. The van der Waals surface area contributed by atoms with Crippen LogP contribution >= 0.6 is 0 Å². The fourth-order valence-electron chi connectivity index (χ4n) is 2.80. The van der Waals surface area contributed by atoms with Crippen LogP contribution in [0.2, 0.25) is 0 Å². The first kappa shape index (κ1) is 14.4. The molecule has 0 aliphatic rings. The van der Waals surface area contributed by atoms with E-state index in [0.29, 0.717) is 18.4 Å². The van der Waals surface area contributed by atoms with Crippen molar-refractivity contribution in [2.75, 3.05) is 0 Å². The number of carboxylic acid groups (broad SMARTS) is 1. The Hall–Kier alpha value is -2.56. The van der Waals surface area contributed by atoms with Gasteiger partial charge in [-0.25, -0.2) is 4.79 Å². The summed E-state index contributed by atoms with van der Waals surface area (Å²) in [5, 5.41) is 10.6. The van der Waals surface area contributed by atoms with E-state index in [9.17, 15) is 9.59 Å². The van der Waals surface area contributed by atoms with Crippen LogP contribution < -0.4 is 5.63 Å². The van der Waals surface area contributed by atoms with Crippen molar-refractivity contribution >= 4 is 27.9 Å². The number of rotatable bonds is 4. The van der Waals surface area contributed by atoms with Crippen LogP contribution in [0, 0.1) is 13.8 Å². The quantitative estimate of drug-likeness (QED) is 0.745. The second-order valence-corrected chi connectivity index (χ2v) is 5.51. The summed E-state index contributed by atoms with van der Waals surface area (Å²) in [5.41, 5.74) is 3.43. The van der Waals surface area contributed by atoms with Gasteiger partial charge in [0.2, 0.25) is 0 Å². The van der Waals surface area contributed by atoms with Gasteiger partial charge in [0.1, 0.15) is 11.2 Å². The molecule has 3 aromatic rings. The molecule has 0 amide bonds. The number of furan rings is 1. The van der Waals surface area contributed by atoms with Crippen LogP contribution in [0.5, 0.6) is 0 Å². The van der Waals surface area contributed by atoms with Crippen LogP contribution in [0.25, 0.3) is 21.9 Å². The number of carbonyl (C=O) groups is 1. The molecular weight excluding hydrogens is 284 g/mol. The lowest BCUT2D eigenvalue weighted by molar-refractivity contribution is -0.137. The van der Waals surface area contributed by atoms with E-state index in [1.165, 1.54) is 6.07 Å². The fourth-order valence-corrected chi connectivity index (χ4v) is 2.80. The SMILES string of the molecule is Cc1coc2c(C)c3oc(=O)cc(CCCC(=O)O)c3cc12. The van der Waals surface area contributed by atoms with Gasteiger partial charge in [0.05, 0.1) is 6.26 Å². The van der Waals surface area contributed by atoms with Gasteiger partial charge in [-0.15, -0.1) is 0 Å². The lowest BCUT2D eigenvalue weighted by Crippen LogP contribution is -2.03. The molecule has 0 aliphatic carbocycles. The number of carboxylic acids is 1. The maximum Gasteiger partial charge on any atom is 0.336 e. The van der Waals surface area contributed by atoms with Gasteiger partial charge in [0.25, 0.3) is 0 Å². The fraction of sp³-hybridized carbons (Fsp3) is 0.294. The molecule has 5 heteroatoms. The molecule has 0 saturated carbocycles. The van der Waals surface area contributed by atoms with Crippen molar-refractivity contribution in [1.82, 2.24) is 0 Å². The minimum Gasteiger partial charge on any atom is -0.481 e. The molecule has 0 spiro atoms. The monoisotopic (exact) mass is 300 g/mol. The summed E-state index contributed by atoms with van der Waals surface area (Å²) in [5.74, 6) is -0.837. The molecule has 0 radical (unpaired) electrons. The first-order chi connectivity index (χ1) is 10.5. The van der Waals surface area contributed by atoms with Gasteiger partial charge in [-0.1, -0.05) is 0 Å². The molecule has 0 saturated heterocycles. The third-order valence-electron chi connectivity index (χ3n) is 3.91. The smallest absolute Gasteiger partial charge is 0.336 e. The van der Waals surface area contributed by atoms with Gasteiger partial charge in [-0.2, -0.15) is 0 Å². The standard InChI is InChI=1S/C17H16O5/c1-9-8-21-16-10(2)17-13(7-12(9)16)11(6-15(20)22-17)4-3-5-14(18)19/h6-8H,3-5H2,1-2H3,(H,18,19). The van der Waals surface area contributed by atoms with Crippen molar-refractivity contribution < 1.29 is 18.7 Å². The number of hydrogen-bond acceptors (Lipinski definition) is 4. The zero-order chi connectivity index (χ0) is 15.9. The maximum atomic E-state index is 11.8. The minimum absolute atomic E-state index is 0.0771. The molecule has 2 aromatic heterocycles. The maximum absolute atomic E-state index is 11.8. The molecule has 114 valence electrons. The average Bonchev–Trinajstić information content (AvgIpc) is 2.82. The molecule has 1 aromatic carbocycles. The Balaban J connectivity index is 2.20. The van der Waals surface area contributed by atoms with Crippen LogP contribution in [0.1, 0.15) is 29.5 Å². The van der Waals surface area contributed by atoms with Gasteiger partial charge in [-0.3, -0.25) is 4.79 Å². The van der Waals surface area contributed by atoms with Crippen LogP contribution in [0.3, 0.4) is 0 Å². The van der Waals surface area contributed by atoms with Crippen molar-refractivity contribution in [2.24, 2.45) is 0 Å². The topological polar surface area (TPSA) is 80.7 Å². The third-order valence-corrected chi connectivity index (χ3v) is 3.91. The van der Waals surface area contributed by atoms with Crippen LogP contribution in [0.15, 0.2) is 32.0 Å². The Morgan fingerprint density at radius 2 is 1.95 bits per heavy atom. The van der Waals surface area contributed by atoms with E-state index in [1.807, 2.05) is 19.9 Å². The molecule has 5 nitrogen and oxygen atoms in total. The normalized spacial score (nSPS) is 11.4.